The van der Waals surface area contributed by atoms with Crippen molar-refractivity contribution in [1.29, 1.82) is 0 Å². The zero-order valence-corrected chi connectivity index (χ0v) is 12.4. The minimum Gasteiger partial charge on any atom is -0.489 e. The van der Waals surface area contributed by atoms with E-state index in [0.717, 1.165) is 25.3 Å². The van der Waals surface area contributed by atoms with Crippen molar-refractivity contribution in [2.75, 3.05) is 19.7 Å². The first-order chi connectivity index (χ1) is 9.40. The Balaban J connectivity index is 0.00000147. The number of ether oxygens (including phenoxy) is 1. The molecule has 0 saturated carbocycles. The Hall–Kier alpha value is -1.48. The van der Waals surface area contributed by atoms with Crippen LogP contribution in [0.2, 0.25) is 0 Å². The van der Waals surface area contributed by atoms with Crippen LogP contribution in [0.1, 0.15) is 29.9 Å². The molecule has 0 radical (unpaired) electrons. The first kappa shape index (κ1) is 14.9. The molecule has 3 nitrogen and oxygen atoms in total. The van der Waals surface area contributed by atoms with Gasteiger partial charge in [0, 0.05) is 12.5 Å². The molecule has 0 fully saturated rings. The van der Waals surface area contributed by atoms with E-state index in [9.17, 15) is 0 Å². The standard InChI is InChI=1S/C16H20N2O.ClH/c1-2-11-19-15-8-4-5-12-13(15)6-3-7-14(12)16-17-9-10-18-16;/h2,4-5,8,14H,1,3,6-7,9-11H2,(H,17,18);1H. The van der Waals surface area contributed by atoms with Crippen molar-refractivity contribution in [2.24, 2.45) is 4.99 Å². The SMILES string of the molecule is C=CCOc1cccc2c1CCCC2C1=NCCN1.Cl. The molecule has 2 aliphatic rings. The van der Waals surface area contributed by atoms with Crippen molar-refractivity contribution in [2.45, 2.75) is 25.2 Å². The van der Waals surface area contributed by atoms with E-state index in [1.54, 1.807) is 6.08 Å². The van der Waals surface area contributed by atoms with Gasteiger partial charge in [-0.05, 0) is 36.5 Å². The third-order valence-corrected chi connectivity index (χ3v) is 3.85. The summed E-state index contributed by atoms with van der Waals surface area (Å²) < 4.78 is 5.79. The predicted octanol–water partition coefficient (Wildman–Crippen LogP) is 3.09. The molecular weight excluding hydrogens is 272 g/mol. The quantitative estimate of drug-likeness (QED) is 0.865. The van der Waals surface area contributed by atoms with E-state index in [4.69, 9.17) is 4.74 Å². The fourth-order valence-electron chi connectivity index (χ4n) is 3.03. The van der Waals surface area contributed by atoms with Crippen LogP contribution < -0.4 is 10.1 Å². The summed E-state index contributed by atoms with van der Waals surface area (Å²) in [6.07, 6.45) is 5.28. The molecule has 1 aliphatic heterocycles. The molecule has 1 aliphatic carbocycles. The van der Waals surface area contributed by atoms with Crippen LogP contribution in [0.3, 0.4) is 0 Å². The maximum absolute atomic E-state index is 5.79. The van der Waals surface area contributed by atoms with Gasteiger partial charge in [0.2, 0.25) is 0 Å². The molecule has 108 valence electrons. The van der Waals surface area contributed by atoms with Gasteiger partial charge in [0.05, 0.1) is 6.54 Å². The van der Waals surface area contributed by atoms with E-state index in [1.807, 2.05) is 0 Å². The summed E-state index contributed by atoms with van der Waals surface area (Å²) in [5, 5.41) is 3.42. The second-order valence-electron chi connectivity index (χ2n) is 5.06. The van der Waals surface area contributed by atoms with Crippen molar-refractivity contribution in [3.8, 4) is 5.75 Å². The molecule has 20 heavy (non-hydrogen) atoms. The van der Waals surface area contributed by atoms with E-state index in [0.29, 0.717) is 12.5 Å². The third-order valence-electron chi connectivity index (χ3n) is 3.85. The largest absolute Gasteiger partial charge is 0.489 e. The molecule has 4 heteroatoms. The average Bonchev–Trinajstić information content (AvgIpc) is 2.98. The zero-order valence-electron chi connectivity index (χ0n) is 11.6. The average molecular weight is 293 g/mol. The van der Waals surface area contributed by atoms with Crippen LogP contribution in [-0.2, 0) is 6.42 Å². The highest BCUT2D eigenvalue weighted by Crippen LogP contribution is 2.37. The van der Waals surface area contributed by atoms with Crippen LogP contribution in [0.25, 0.3) is 0 Å². The van der Waals surface area contributed by atoms with Gasteiger partial charge in [0.15, 0.2) is 0 Å². The Morgan fingerprint density at radius 3 is 3.10 bits per heavy atom. The summed E-state index contributed by atoms with van der Waals surface area (Å²) in [7, 11) is 0. The van der Waals surface area contributed by atoms with Crippen molar-refractivity contribution in [1.82, 2.24) is 5.32 Å². The lowest BCUT2D eigenvalue weighted by atomic mass is 9.81. The number of nitrogens with one attached hydrogen (secondary N) is 1. The summed E-state index contributed by atoms with van der Waals surface area (Å²) in [6.45, 7) is 6.17. The minimum atomic E-state index is 0. The molecular formula is C16H21ClN2O. The molecule has 0 aromatic heterocycles. The maximum atomic E-state index is 5.79. The van der Waals surface area contributed by atoms with Crippen molar-refractivity contribution in [3.63, 3.8) is 0 Å². The number of aliphatic imine (C=N–C) groups is 1. The van der Waals surface area contributed by atoms with E-state index in [2.05, 4.69) is 35.1 Å². The number of rotatable bonds is 4. The van der Waals surface area contributed by atoms with E-state index < -0.39 is 0 Å². The van der Waals surface area contributed by atoms with Crippen molar-refractivity contribution < 1.29 is 4.74 Å². The highest BCUT2D eigenvalue weighted by molar-refractivity contribution is 5.90. The van der Waals surface area contributed by atoms with Gasteiger partial charge in [-0.15, -0.1) is 12.4 Å². The number of halogens is 1. The highest BCUT2D eigenvalue weighted by Gasteiger charge is 2.27. The molecule has 0 amide bonds. The molecule has 1 unspecified atom stereocenters. The molecule has 1 N–H and O–H groups in total. The van der Waals surface area contributed by atoms with Gasteiger partial charge in [-0.25, -0.2) is 0 Å². The molecule has 1 aromatic rings. The molecule has 1 aromatic carbocycles. The van der Waals surface area contributed by atoms with Crippen LogP contribution in [-0.4, -0.2) is 25.5 Å². The summed E-state index contributed by atoms with van der Waals surface area (Å²) in [5.41, 5.74) is 2.75. The molecule has 0 spiro atoms. The zero-order chi connectivity index (χ0) is 13.1. The topological polar surface area (TPSA) is 33.6 Å². The highest BCUT2D eigenvalue weighted by atomic mass is 35.5. The molecule has 0 bridgehead atoms. The molecule has 3 rings (SSSR count). The number of hydrogen-bond acceptors (Lipinski definition) is 3. The monoisotopic (exact) mass is 292 g/mol. The Labute approximate surface area is 126 Å². The van der Waals surface area contributed by atoms with Crippen molar-refractivity contribution in [3.05, 3.63) is 42.0 Å². The number of benzene rings is 1. The van der Waals surface area contributed by atoms with E-state index in [-0.39, 0.29) is 12.4 Å². The first-order valence-electron chi connectivity index (χ1n) is 7.04. The molecule has 0 saturated heterocycles. The van der Waals surface area contributed by atoms with Gasteiger partial charge in [0.25, 0.3) is 0 Å². The van der Waals surface area contributed by atoms with E-state index in [1.165, 1.54) is 29.8 Å². The van der Waals surface area contributed by atoms with Crippen LogP contribution in [0.4, 0.5) is 0 Å². The molecule has 1 heterocycles. The maximum Gasteiger partial charge on any atom is 0.123 e. The fraction of sp³-hybridized carbons (Fsp3) is 0.438. The van der Waals surface area contributed by atoms with Crippen LogP contribution >= 0.6 is 12.4 Å². The predicted molar refractivity (Wildman–Crippen MR) is 85.4 cm³/mol. The van der Waals surface area contributed by atoms with Crippen LogP contribution in [0.15, 0.2) is 35.8 Å². The summed E-state index contributed by atoms with van der Waals surface area (Å²) >= 11 is 0. The van der Waals surface area contributed by atoms with Gasteiger partial charge in [-0.2, -0.15) is 0 Å². The molecule has 1 atom stereocenters. The van der Waals surface area contributed by atoms with Crippen LogP contribution in [0, 0.1) is 0 Å². The number of amidine groups is 1. The Kier molecular flexibility index (Phi) is 5.07. The lowest BCUT2D eigenvalue weighted by Gasteiger charge is -2.27. The van der Waals surface area contributed by atoms with Crippen LogP contribution in [0.5, 0.6) is 5.75 Å². The summed E-state index contributed by atoms with van der Waals surface area (Å²) in [6, 6.07) is 6.38. The van der Waals surface area contributed by atoms with Crippen molar-refractivity contribution >= 4 is 18.2 Å². The number of fused-ring (bicyclic) bond motifs is 1. The Morgan fingerprint density at radius 1 is 1.45 bits per heavy atom. The minimum absolute atomic E-state index is 0. The fourth-order valence-corrected chi connectivity index (χ4v) is 3.03. The Bertz CT molecular complexity index is 513. The summed E-state index contributed by atoms with van der Waals surface area (Å²) in [4.78, 5) is 4.60. The van der Waals surface area contributed by atoms with Gasteiger partial charge in [-0.3, -0.25) is 4.99 Å². The van der Waals surface area contributed by atoms with Gasteiger partial charge in [0.1, 0.15) is 18.2 Å². The Morgan fingerprint density at radius 2 is 2.35 bits per heavy atom. The lowest BCUT2D eigenvalue weighted by Crippen LogP contribution is -2.28. The first-order valence-corrected chi connectivity index (χ1v) is 7.04. The number of hydrogen-bond donors (Lipinski definition) is 1. The van der Waals surface area contributed by atoms with Gasteiger partial charge >= 0.3 is 0 Å². The van der Waals surface area contributed by atoms with Gasteiger partial charge in [-0.1, -0.05) is 24.8 Å². The second kappa shape index (κ2) is 6.80. The normalized spacial score (nSPS) is 20.2. The second-order valence-corrected chi connectivity index (χ2v) is 5.06. The third kappa shape index (κ3) is 2.83. The smallest absolute Gasteiger partial charge is 0.123 e. The lowest BCUT2D eigenvalue weighted by molar-refractivity contribution is 0.356. The summed E-state index contributed by atoms with van der Waals surface area (Å²) in [5.74, 6) is 2.61. The number of nitrogens with zero attached hydrogens (tertiary/aromatic N) is 1. The van der Waals surface area contributed by atoms with E-state index >= 15 is 0 Å². The van der Waals surface area contributed by atoms with Gasteiger partial charge < -0.3 is 10.1 Å².